The van der Waals surface area contributed by atoms with E-state index >= 15 is 0 Å². The lowest BCUT2D eigenvalue weighted by Crippen LogP contribution is -2.28. The third-order valence-electron chi connectivity index (χ3n) is 4.13. The van der Waals surface area contributed by atoms with Crippen LogP contribution < -0.4 is 5.73 Å². The van der Waals surface area contributed by atoms with Gasteiger partial charge in [-0.05, 0) is 51.3 Å². The van der Waals surface area contributed by atoms with E-state index in [0.29, 0.717) is 6.04 Å². The molecule has 2 nitrogen and oxygen atoms in total. The number of hydrogen-bond acceptors (Lipinski definition) is 2. The number of nitrogens with zero attached hydrogens (tertiary/aromatic N) is 1. The van der Waals surface area contributed by atoms with Crippen LogP contribution in [0.4, 0.5) is 0 Å². The van der Waals surface area contributed by atoms with Gasteiger partial charge >= 0.3 is 0 Å². The fraction of sp³-hybridized carbons (Fsp3) is 0.625. The molecule has 1 aliphatic carbocycles. The van der Waals surface area contributed by atoms with Gasteiger partial charge in [-0.25, -0.2) is 0 Å². The standard InChI is InChI=1S/C16H26N2/c1-13-5-3-6-14(11-13)12-18(2)10-9-15-7-4-8-16(15)17/h3,5-6,11,15-16H,4,7-10,12,17H2,1-2H3. The molecular formula is C16H26N2. The average Bonchev–Trinajstić information content (AvgIpc) is 2.72. The molecule has 0 amide bonds. The highest BCUT2D eigenvalue weighted by Gasteiger charge is 2.23. The van der Waals surface area contributed by atoms with Gasteiger partial charge in [-0.1, -0.05) is 36.2 Å². The Bertz CT molecular complexity index is 375. The number of benzene rings is 1. The lowest BCUT2D eigenvalue weighted by molar-refractivity contribution is 0.286. The zero-order valence-electron chi connectivity index (χ0n) is 11.7. The highest BCUT2D eigenvalue weighted by atomic mass is 15.1. The fourth-order valence-corrected chi connectivity index (χ4v) is 3.01. The Morgan fingerprint density at radius 1 is 1.33 bits per heavy atom. The monoisotopic (exact) mass is 246 g/mol. The maximum atomic E-state index is 6.12. The molecule has 0 radical (unpaired) electrons. The van der Waals surface area contributed by atoms with Gasteiger partial charge in [0, 0.05) is 12.6 Å². The fourth-order valence-electron chi connectivity index (χ4n) is 3.01. The summed E-state index contributed by atoms with van der Waals surface area (Å²) in [6.45, 7) is 4.36. The number of aryl methyl sites for hydroxylation is 1. The highest BCUT2D eigenvalue weighted by Crippen LogP contribution is 2.26. The topological polar surface area (TPSA) is 29.3 Å². The van der Waals surface area contributed by atoms with Crippen LogP contribution in [0, 0.1) is 12.8 Å². The molecule has 2 N–H and O–H groups in total. The Kier molecular flexibility index (Phi) is 4.79. The van der Waals surface area contributed by atoms with E-state index in [4.69, 9.17) is 5.73 Å². The predicted molar refractivity (Wildman–Crippen MR) is 77.4 cm³/mol. The largest absolute Gasteiger partial charge is 0.327 e. The summed E-state index contributed by atoms with van der Waals surface area (Å²) in [6.07, 6.45) is 5.14. The van der Waals surface area contributed by atoms with Gasteiger partial charge in [0.1, 0.15) is 0 Å². The van der Waals surface area contributed by atoms with Gasteiger partial charge in [-0.2, -0.15) is 0 Å². The first-order valence-electron chi connectivity index (χ1n) is 7.15. The minimum Gasteiger partial charge on any atom is -0.327 e. The summed E-state index contributed by atoms with van der Waals surface area (Å²) < 4.78 is 0. The number of hydrogen-bond donors (Lipinski definition) is 1. The van der Waals surface area contributed by atoms with E-state index in [2.05, 4.69) is 43.1 Å². The van der Waals surface area contributed by atoms with Gasteiger partial charge in [-0.15, -0.1) is 0 Å². The summed E-state index contributed by atoms with van der Waals surface area (Å²) in [5.74, 6) is 0.755. The van der Waals surface area contributed by atoms with Gasteiger partial charge < -0.3 is 10.6 Å². The SMILES string of the molecule is Cc1cccc(CN(C)CCC2CCCC2N)c1. The van der Waals surface area contributed by atoms with Gasteiger partial charge in [0.05, 0.1) is 0 Å². The first kappa shape index (κ1) is 13.6. The molecule has 0 bridgehead atoms. The van der Waals surface area contributed by atoms with Crippen LogP contribution in [0.25, 0.3) is 0 Å². The summed E-state index contributed by atoms with van der Waals surface area (Å²) in [7, 11) is 2.21. The highest BCUT2D eigenvalue weighted by molar-refractivity contribution is 5.21. The summed E-state index contributed by atoms with van der Waals surface area (Å²) in [6, 6.07) is 9.24. The molecule has 1 aromatic carbocycles. The molecule has 0 aromatic heterocycles. The Morgan fingerprint density at radius 2 is 2.17 bits per heavy atom. The van der Waals surface area contributed by atoms with Gasteiger partial charge in [0.25, 0.3) is 0 Å². The number of nitrogens with two attached hydrogens (primary N) is 1. The van der Waals surface area contributed by atoms with Crippen LogP contribution in [0.2, 0.25) is 0 Å². The molecule has 0 heterocycles. The Labute approximate surface area is 111 Å². The minimum absolute atomic E-state index is 0.456. The van der Waals surface area contributed by atoms with Crippen molar-refractivity contribution in [1.29, 1.82) is 0 Å². The third-order valence-corrected chi connectivity index (χ3v) is 4.13. The van der Waals surface area contributed by atoms with E-state index in [9.17, 15) is 0 Å². The predicted octanol–water partition coefficient (Wildman–Crippen LogP) is 2.94. The maximum absolute atomic E-state index is 6.12. The van der Waals surface area contributed by atoms with Crippen LogP contribution in [0.1, 0.15) is 36.8 Å². The molecule has 100 valence electrons. The minimum atomic E-state index is 0.456. The molecule has 0 spiro atoms. The molecule has 0 aliphatic heterocycles. The van der Waals surface area contributed by atoms with E-state index in [1.165, 1.54) is 36.8 Å². The van der Waals surface area contributed by atoms with E-state index in [-0.39, 0.29) is 0 Å². The molecule has 2 unspecified atom stereocenters. The van der Waals surface area contributed by atoms with Crippen molar-refractivity contribution in [2.24, 2.45) is 11.7 Å². The second-order valence-electron chi connectivity index (χ2n) is 5.87. The lowest BCUT2D eigenvalue weighted by atomic mass is 10.00. The Morgan fingerprint density at radius 3 is 2.83 bits per heavy atom. The van der Waals surface area contributed by atoms with Crippen molar-refractivity contribution >= 4 is 0 Å². The zero-order chi connectivity index (χ0) is 13.0. The van der Waals surface area contributed by atoms with E-state index in [0.717, 1.165) is 19.0 Å². The molecule has 2 rings (SSSR count). The average molecular weight is 246 g/mol. The first-order chi connectivity index (χ1) is 8.65. The summed E-state index contributed by atoms with van der Waals surface area (Å²) in [4.78, 5) is 2.42. The van der Waals surface area contributed by atoms with Crippen molar-refractivity contribution < 1.29 is 0 Å². The van der Waals surface area contributed by atoms with E-state index in [1.54, 1.807) is 0 Å². The normalized spacial score (nSPS) is 23.8. The maximum Gasteiger partial charge on any atom is 0.0230 e. The van der Waals surface area contributed by atoms with Gasteiger partial charge in [-0.3, -0.25) is 0 Å². The second-order valence-corrected chi connectivity index (χ2v) is 5.87. The van der Waals surface area contributed by atoms with Crippen molar-refractivity contribution in [1.82, 2.24) is 4.90 Å². The van der Waals surface area contributed by atoms with Crippen molar-refractivity contribution in [2.75, 3.05) is 13.6 Å². The van der Waals surface area contributed by atoms with Crippen molar-refractivity contribution in [3.8, 4) is 0 Å². The molecule has 1 saturated carbocycles. The molecule has 18 heavy (non-hydrogen) atoms. The van der Waals surface area contributed by atoms with Crippen LogP contribution in [-0.4, -0.2) is 24.5 Å². The molecule has 0 saturated heterocycles. The third kappa shape index (κ3) is 3.82. The summed E-state index contributed by atoms with van der Waals surface area (Å²) in [5, 5.41) is 0. The van der Waals surface area contributed by atoms with Gasteiger partial charge in [0.2, 0.25) is 0 Å². The van der Waals surface area contributed by atoms with Crippen LogP contribution in [0.5, 0.6) is 0 Å². The van der Waals surface area contributed by atoms with E-state index < -0.39 is 0 Å². The Hall–Kier alpha value is -0.860. The van der Waals surface area contributed by atoms with Crippen LogP contribution in [0.3, 0.4) is 0 Å². The molecule has 1 aliphatic rings. The molecular weight excluding hydrogens is 220 g/mol. The van der Waals surface area contributed by atoms with Crippen molar-refractivity contribution in [3.05, 3.63) is 35.4 Å². The van der Waals surface area contributed by atoms with Crippen molar-refractivity contribution in [2.45, 2.75) is 45.2 Å². The first-order valence-corrected chi connectivity index (χ1v) is 7.15. The Balaban J connectivity index is 1.76. The summed E-state index contributed by atoms with van der Waals surface area (Å²) in [5.41, 5.74) is 8.88. The quantitative estimate of drug-likeness (QED) is 0.865. The summed E-state index contributed by atoms with van der Waals surface area (Å²) >= 11 is 0. The molecule has 1 aromatic rings. The molecule has 2 heteroatoms. The van der Waals surface area contributed by atoms with Crippen molar-refractivity contribution in [3.63, 3.8) is 0 Å². The van der Waals surface area contributed by atoms with Gasteiger partial charge in [0.15, 0.2) is 0 Å². The van der Waals surface area contributed by atoms with Crippen LogP contribution in [-0.2, 0) is 6.54 Å². The zero-order valence-corrected chi connectivity index (χ0v) is 11.7. The van der Waals surface area contributed by atoms with Crippen LogP contribution in [0.15, 0.2) is 24.3 Å². The van der Waals surface area contributed by atoms with E-state index in [1.807, 2.05) is 0 Å². The smallest absolute Gasteiger partial charge is 0.0230 e. The number of rotatable bonds is 5. The second kappa shape index (κ2) is 6.35. The molecule has 2 atom stereocenters. The lowest BCUT2D eigenvalue weighted by Gasteiger charge is -2.21. The van der Waals surface area contributed by atoms with Crippen LogP contribution >= 0.6 is 0 Å². The molecule has 1 fully saturated rings.